The van der Waals surface area contributed by atoms with Crippen LogP contribution in [0, 0.1) is 5.92 Å². The van der Waals surface area contributed by atoms with Crippen molar-refractivity contribution < 1.29 is 5.11 Å². The molecule has 1 aromatic rings. The lowest BCUT2D eigenvalue weighted by atomic mass is 10.1. The van der Waals surface area contributed by atoms with Gasteiger partial charge in [-0.25, -0.2) is 0 Å². The van der Waals surface area contributed by atoms with E-state index < -0.39 is 0 Å². The van der Waals surface area contributed by atoms with Crippen LogP contribution >= 0.6 is 15.9 Å². The number of nitrogens with zero attached hydrogens (tertiary/aromatic N) is 1. The van der Waals surface area contributed by atoms with Crippen LogP contribution in [-0.2, 0) is 6.54 Å². The standard InChI is InChI=1S/C13H19BrN2O/c14-12-7-11(8-15)1-2-13(12)16-5-3-10(9-16)4-6-17/h1-2,7,10,17H,3-6,8-9,15H2. The van der Waals surface area contributed by atoms with E-state index in [1.54, 1.807) is 0 Å². The van der Waals surface area contributed by atoms with Gasteiger partial charge in [0.1, 0.15) is 0 Å². The third-order valence-corrected chi connectivity index (χ3v) is 4.05. The highest BCUT2D eigenvalue weighted by atomic mass is 79.9. The van der Waals surface area contributed by atoms with Gasteiger partial charge >= 0.3 is 0 Å². The fraction of sp³-hybridized carbons (Fsp3) is 0.538. The van der Waals surface area contributed by atoms with Gasteiger partial charge in [-0.3, -0.25) is 0 Å². The van der Waals surface area contributed by atoms with Gasteiger partial charge in [-0.05, 0) is 52.4 Å². The monoisotopic (exact) mass is 298 g/mol. The number of anilines is 1. The number of halogens is 1. The SMILES string of the molecule is NCc1ccc(N2CCC(CCO)C2)c(Br)c1. The second-order valence-corrected chi connectivity index (χ2v) is 5.46. The van der Waals surface area contributed by atoms with Crippen LogP contribution in [0.4, 0.5) is 5.69 Å². The Morgan fingerprint density at radius 1 is 1.47 bits per heavy atom. The lowest BCUT2D eigenvalue weighted by molar-refractivity contribution is 0.263. The van der Waals surface area contributed by atoms with Gasteiger partial charge in [-0.15, -0.1) is 0 Å². The van der Waals surface area contributed by atoms with E-state index in [4.69, 9.17) is 10.8 Å². The third kappa shape index (κ3) is 3.00. The zero-order valence-electron chi connectivity index (χ0n) is 9.90. The van der Waals surface area contributed by atoms with Crippen LogP contribution in [0.2, 0.25) is 0 Å². The molecule has 3 N–H and O–H groups in total. The topological polar surface area (TPSA) is 49.5 Å². The summed E-state index contributed by atoms with van der Waals surface area (Å²) in [6.45, 7) is 2.99. The Bertz CT molecular complexity index is 384. The Kier molecular flexibility index (Phi) is 4.42. The summed E-state index contributed by atoms with van der Waals surface area (Å²) in [5.41, 5.74) is 8.01. The maximum atomic E-state index is 8.96. The third-order valence-electron chi connectivity index (χ3n) is 3.41. The van der Waals surface area contributed by atoms with E-state index in [-0.39, 0.29) is 0 Å². The molecule has 1 heterocycles. The van der Waals surface area contributed by atoms with Gasteiger partial charge in [0.2, 0.25) is 0 Å². The van der Waals surface area contributed by atoms with Crippen LogP contribution in [0.15, 0.2) is 22.7 Å². The van der Waals surface area contributed by atoms with Gasteiger partial charge in [0, 0.05) is 30.7 Å². The minimum atomic E-state index is 0.297. The molecule has 1 atom stereocenters. The molecule has 94 valence electrons. The summed E-state index contributed by atoms with van der Waals surface area (Å²) in [4.78, 5) is 2.38. The number of nitrogens with two attached hydrogens (primary N) is 1. The van der Waals surface area contributed by atoms with E-state index in [0.717, 1.165) is 29.5 Å². The molecule has 1 aliphatic rings. The largest absolute Gasteiger partial charge is 0.396 e. The average Bonchev–Trinajstić information content (AvgIpc) is 2.78. The molecule has 0 radical (unpaired) electrons. The van der Waals surface area contributed by atoms with Gasteiger partial charge in [-0.1, -0.05) is 6.07 Å². The highest BCUT2D eigenvalue weighted by Gasteiger charge is 2.23. The molecule has 0 aromatic heterocycles. The first-order valence-electron chi connectivity index (χ1n) is 6.09. The van der Waals surface area contributed by atoms with Gasteiger partial charge in [0.05, 0.1) is 5.69 Å². The predicted molar refractivity (Wildman–Crippen MR) is 74.1 cm³/mol. The van der Waals surface area contributed by atoms with Crippen molar-refractivity contribution in [2.24, 2.45) is 11.7 Å². The van der Waals surface area contributed by atoms with Crippen molar-refractivity contribution in [2.45, 2.75) is 19.4 Å². The molecule has 1 fully saturated rings. The van der Waals surface area contributed by atoms with Crippen LogP contribution < -0.4 is 10.6 Å². The Morgan fingerprint density at radius 2 is 2.29 bits per heavy atom. The van der Waals surface area contributed by atoms with E-state index in [0.29, 0.717) is 19.1 Å². The maximum absolute atomic E-state index is 8.96. The van der Waals surface area contributed by atoms with Crippen molar-refractivity contribution in [3.05, 3.63) is 28.2 Å². The quantitative estimate of drug-likeness (QED) is 0.895. The summed E-state index contributed by atoms with van der Waals surface area (Å²) >= 11 is 3.61. The van der Waals surface area contributed by atoms with Crippen molar-refractivity contribution in [3.63, 3.8) is 0 Å². The molecule has 1 aromatic carbocycles. The molecule has 0 aliphatic carbocycles. The lowest BCUT2D eigenvalue weighted by Crippen LogP contribution is -2.20. The van der Waals surface area contributed by atoms with Gasteiger partial charge in [0.15, 0.2) is 0 Å². The first kappa shape index (κ1) is 12.9. The first-order valence-corrected chi connectivity index (χ1v) is 6.88. The van der Waals surface area contributed by atoms with E-state index in [9.17, 15) is 0 Å². The van der Waals surface area contributed by atoms with Gasteiger partial charge in [-0.2, -0.15) is 0 Å². The van der Waals surface area contributed by atoms with Crippen molar-refractivity contribution in [1.29, 1.82) is 0 Å². The van der Waals surface area contributed by atoms with Gasteiger partial charge < -0.3 is 15.7 Å². The molecule has 4 heteroatoms. The number of rotatable bonds is 4. The Balaban J connectivity index is 2.08. The molecule has 1 saturated heterocycles. The normalized spacial score (nSPS) is 19.9. The molecule has 1 aliphatic heterocycles. The first-order chi connectivity index (χ1) is 8.24. The van der Waals surface area contributed by atoms with Crippen molar-refractivity contribution in [2.75, 3.05) is 24.6 Å². The molecular formula is C13H19BrN2O. The lowest BCUT2D eigenvalue weighted by Gasteiger charge is -2.20. The van der Waals surface area contributed by atoms with E-state index in [1.165, 1.54) is 12.1 Å². The van der Waals surface area contributed by atoms with Crippen LogP contribution in [0.1, 0.15) is 18.4 Å². The van der Waals surface area contributed by atoms with Crippen LogP contribution in [-0.4, -0.2) is 24.8 Å². The number of aliphatic hydroxyl groups excluding tert-OH is 1. The average molecular weight is 299 g/mol. The number of hydrogen-bond acceptors (Lipinski definition) is 3. The summed E-state index contributed by atoms with van der Waals surface area (Å²) in [6, 6.07) is 6.31. The maximum Gasteiger partial charge on any atom is 0.0510 e. The highest BCUT2D eigenvalue weighted by molar-refractivity contribution is 9.10. The minimum absolute atomic E-state index is 0.297. The Morgan fingerprint density at radius 3 is 2.94 bits per heavy atom. The fourth-order valence-corrected chi connectivity index (χ4v) is 3.08. The Labute approximate surface area is 111 Å². The molecule has 0 saturated carbocycles. The van der Waals surface area contributed by atoms with Crippen molar-refractivity contribution >= 4 is 21.6 Å². The molecular weight excluding hydrogens is 280 g/mol. The molecule has 0 spiro atoms. The molecule has 0 amide bonds. The van der Waals surface area contributed by atoms with Crippen LogP contribution in [0.3, 0.4) is 0 Å². The molecule has 3 nitrogen and oxygen atoms in total. The summed E-state index contributed by atoms with van der Waals surface area (Å²) in [6.07, 6.45) is 2.08. The second kappa shape index (κ2) is 5.85. The summed E-state index contributed by atoms with van der Waals surface area (Å²) < 4.78 is 1.12. The van der Waals surface area contributed by atoms with Crippen molar-refractivity contribution in [1.82, 2.24) is 0 Å². The van der Waals surface area contributed by atoms with E-state index in [2.05, 4.69) is 39.0 Å². The van der Waals surface area contributed by atoms with Crippen LogP contribution in [0.25, 0.3) is 0 Å². The fourth-order valence-electron chi connectivity index (χ4n) is 2.40. The minimum Gasteiger partial charge on any atom is -0.396 e. The smallest absolute Gasteiger partial charge is 0.0510 e. The number of aliphatic hydroxyl groups is 1. The summed E-state index contributed by atoms with van der Waals surface area (Å²) in [5.74, 6) is 0.626. The van der Waals surface area contributed by atoms with Crippen LogP contribution in [0.5, 0.6) is 0 Å². The molecule has 17 heavy (non-hydrogen) atoms. The summed E-state index contributed by atoms with van der Waals surface area (Å²) in [7, 11) is 0. The summed E-state index contributed by atoms with van der Waals surface area (Å²) in [5, 5.41) is 8.96. The highest BCUT2D eigenvalue weighted by Crippen LogP contribution is 2.32. The van der Waals surface area contributed by atoms with Crippen molar-refractivity contribution in [3.8, 4) is 0 Å². The number of benzene rings is 1. The van der Waals surface area contributed by atoms with Gasteiger partial charge in [0.25, 0.3) is 0 Å². The van der Waals surface area contributed by atoms with E-state index >= 15 is 0 Å². The number of hydrogen-bond donors (Lipinski definition) is 2. The zero-order chi connectivity index (χ0) is 12.3. The predicted octanol–water partition coefficient (Wildman–Crippen LogP) is 2.12. The zero-order valence-corrected chi connectivity index (χ0v) is 11.5. The molecule has 2 rings (SSSR count). The molecule has 1 unspecified atom stereocenters. The Hall–Kier alpha value is -0.580. The molecule has 0 bridgehead atoms. The second-order valence-electron chi connectivity index (χ2n) is 4.60. The van der Waals surface area contributed by atoms with E-state index in [1.807, 2.05) is 0 Å².